The fourth-order valence-corrected chi connectivity index (χ4v) is 2.45. The molecule has 1 fully saturated rings. The van der Waals surface area contributed by atoms with Gasteiger partial charge in [0.05, 0.1) is 23.9 Å². The van der Waals surface area contributed by atoms with Crippen molar-refractivity contribution in [2.24, 2.45) is 0 Å². The molecule has 0 spiro atoms. The van der Waals surface area contributed by atoms with Gasteiger partial charge in [0.1, 0.15) is 0 Å². The van der Waals surface area contributed by atoms with Gasteiger partial charge in [0.2, 0.25) is 5.56 Å². The monoisotopic (exact) mass is 280 g/mol. The van der Waals surface area contributed by atoms with Crippen LogP contribution in [-0.2, 0) is 9.47 Å². The van der Waals surface area contributed by atoms with Crippen molar-refractivity contribution >= 4 is 5.91 Å². The highest BCUT2D eigenvalue weighted by Crippen LogP contribution is 2.22. The summed E-state index contributed by atoms with van der Waals surface area (Å²) in [4.78, 5) is 27.8. The van der Waals surface area contributed by atoms with Crippen LogP contribution in [0, 0.1) is 0 Å². The van der Waals surface area contributed by atoms with Gasteiger partial charge in [-0.2, -0.15) is 0 Å². The molecule has 1 saturated heterocycles. The number of ether oxygens (including phenoxy) is 2. The number of aromatic amines is 1. The average Bonchev–Trinajstić information content (AvgIpc) is 2.37. The molecule has 0 aromatic carbocycles. The summed E-state index contributed by atoms with van der Waals surface area (Å²) in [6, 6.07) is 2.89. The van der Waals surface area contributed by atoms with Crippen molar-refractivity contribution in [1.29, 1.82) is 0 Å². The van der Waals surface area contributed by atoms with Crippen molar-refractivity contribution in [2.75, 3.05) is 26.8 Å². The Morgan fingerprint density at radius 3 is 2.90 bits per heavy atom. The summed E-state index contributed by atoms with van der Waals surface area (Å²) in [6.07, 6.45) is 1.30. The molecule has 1 amide bonds. The van der Waals surface area contributed by atoms with Crippen LogP contribution in [0.5, 0.6) is 0 Å². The smallest absolute Gasteiger partial charge is 0.255 e. The van der Waals surface area contributed by atoms with E-state index < -0.39 is 5.60 Å². The Bertz CT molecular complexity index is 518. The van der Waals surface area contributed by atoms with E-state index in [9.17, 15) is 9.59 Å². The quantitative estimate of drug-likeness (QED) is 0.882. The molecular weight excluding hydrogens is 260 g/mol. The first-order chi connectivity index (χ1) is 9.41. The third kappa shape index (κ3) is 3.46. The molecule has 110 valence electrons. The van der Waals surface area contributed by atoms with Crippen LogP contribution < -0.4 is 5.56 Å². The lowest BCUT2D eigenvalue weighted by Gasteiger charge is -2.42. The second-order valence-corrected chi connectivity index (χ2v) is 5.58. The van der Waals surface area contributed by atoms with Gasteiger partial charge in [-0.05, 0) is 19.9 Å². The first kappa shape index (κ1) is 14.7. The summed E-state index contributed by atoms with van der Waals surface area (Å²) in [7, 11) is 1.61. The SMILES string of the molecule is COC[C@@H]1CN(C(=O)c2ccc(=O)[nH]c2)CC(C)(C)O1. The minimum absolute atomic E-state index is 0.112. The van der Waals surface area contributed by atoms with Crippen LogP contribution in [0.3, 0.4) is 0 Å². The van der Waals surface area contributed by atoms with Crippen LogP contribution in [0.4, 0.5) is 0 Å². The predicted molar refractivity (Wildman–Crippen MR) is 73.8 cm³/mol. The highest BCUT2D eigenvalue weighted by molar-refractivity contribution is 5.94. The number of methoxy groups -OCH3 is 1. The molecule has 2 rings (SSSR count). The van der Waals surface area contributed by atoms with Gasteiger partial charge in [-0.1, -0.05) is 0 Å². The standard InChI is InChI=1S/C14H20N2O4/c1-14(2)9-16(7-11(20-14)8-19-3)13(18)10-4-5-12(17)15-6-10/h4-6,11H,7-9H2,1-3H3,(H,15,17)/t11-/m0/s1. The summed E-state index contributed by atoms with van der Waals surface area (Å²) in [5.41, 5.74) is -0.168. The van der Waals surface area contributed by atoms with Gasteiger partial charge < -0.3 is 19.4 Å². The zero-order chi connectivity index (χ0) is 14.8. The number of pyridine rings is 1. The van der Waals surface area contributed by atoms with Crippen LogP contribution in [-0.4, -0.2) is 54.3 Å². The Morgan fingerprint density at radius 2 is 2.30 bits per heavy atom. The number of carbonyl (C=O) groups is 1. The van der Waals surface area contributed by atoms with E-state index in [1.807, 2.05) is 13.8 Å². The summed E-state index contributed by atoms with van der Waals surface area (Å²) in [5.74, 6) is -0.112. The molecular formula is C14H20N2O4. The van der Waals surface area contributed by atoms with Gasteiger partial charge in [-0.25, -0.2) is 0 Å². The maximum atomic E-state index is 12.5. The number of aromatic nitrogens is 1. The summed E-state index contributed by atoms with van der Waals surface area (Å²) in [6.45, 7) is 5.32. The lowest BCUT2D eigenvalue weighted by molar-refractivity contribution is -0.143. The minimum Gasteiger partial charge on any atom is -0.382 e. The number of amides is 1. The molecule has 0 bridgehead atoms. The first-order valence-corrected chi connectivity index (χ1v) is 6.56. The van der Waals surface area contributed by atoms with E-state index >= 15 is 0 Å². The second-order valence-electron chi connectivity index (χ2n) is 5.58. The topological polar surface area (TPSA) is 71.6 Å². The summed E-state index contributed by atoms with van der Waals surface area (Å²) < 4.78 is 11.0. The zero-order valence-electron chi connectivity index (χ0n) is 12.0. The molecule has 2 heterocycles. The Morgan fingerprint density at radius 1 is 1.55 bits per heavy atom. The van der Waals surface area contributed by atoms with E-state index in [0.29, 0.717) is 25.3 Å². The fraction of sp³-hybridized carbons (Fsp3) is 0.571. The number of nitrogens with one attached hydrogen (secondary N) is 1. The van der Waals surface area contributed by atoms with Crippen molar-refractivity contribution in [1.82, 2.24) is 9.88 Å². The lowest BCUT2D eigenvalue weighted by Crippen LogP contribution is -2.55. The number of H-pyrrole nitrogens is 1. The molecule has 6 nitrogen and oxygen atoms in total. The highest BCUT2D eigenvalue weighted by atomic mass is 16.5. The molecule has 1 aliphatic heterocycles. The van der Waals surface area contributed by atoms with Gasteiger partial charge in [-0.3, -0.25) is 9.59 Å². The number of carbonyl (C=O) groups excluding carboxylic acids is 1. The fourth-order valence-electron chi connectivity index (χ4n) is 2.45. The molecule has 20 heavy (non-hydrogen) atoms. The van der Waals surface area contributed by atoms with Crippen molar-refractivity contribution in [3.05, 3.63) is 34.2 Å². The Kier molecular flexibility index (Phi) is 4.25. The van der Waals surface area contributed by atoms with E-state index in [1.54, 1.807) is 12.0 Å². The Hall–Kier alpha value is -1.66. The molecule has 0 saturated carbocycles. The van der Waals surface area contributed by atoms with E-state index in [0.717, 1.165) is 0 Å². The van der Waals surface area contributed by atoms with Crippen molar-refractivity contribution in [3.63, 3.8) is 0 Å². The van der Waals surface area contributed by atoms with Gasteiger partial charge in [-0.15, -0.1) is 0 Å². The van der Waals surface area contributed by atoms with Crippen LogP contribution in [0.25, 0.3) is 0 Å². The number of rotatable bonds is 3. The van der Waals surface area contributed by atoms with Gasteiger partial charge in [0.25, 0.3) is 5.91 Å². The number of morpholine rings is 1. The zero-order valence-corrected chi connectivity index (χ0v) is 12.0. The third-order valence-corrected chi connectivity index (χ3v) is 3.15. The van der Waals surface area contributed by atoms with Gasteiger partial charge >= 0.3 is 0 Å². The molecule has 1 atom stereocenters. The van der Waals surface area contributed by atoms with Crippen molar-refractivity contribution in [2.45, 2.75) is 25.6 Å². The molecule has 1 aromatic heterocycles. The van der Waals surface area contributed by atoms with Crippen LogP contribution in [0.2, 0.25) is 0 Å². The van der Waals surface area contributed by atoms with Crippen LogP contribution in [0.1, 0.15) is 24.2 Å². The number of hydrogen-bond acceptors (Lipinski definition) is 4. The summed E-state index contributed by atoms with van der Waals surface area (Å²) in [5, 5.41) is 0. The normalized spacial score (nSPS) is 21.8. The minimum atomic E-state index is -0.417. The van der Waals surface area contributed by atoms with Crippen molar-refractivity contribution in [3.8, 4) is 0 Å². The van der Waals surface area contributed by atoms with E-state index in [2.05, 4.69) is 4.98 Å². The molecule has 1 aliphatic rings. The molecule has 1 N–H and O–H groups in total. The van der Waals surface area contributed by atoms with Gasteiger partial charge in [0.15, 0.2) is 0 Å². The van der Waals surface area contributed by atoms with Crippen molar-refractivity contribution < 1.29 is 14.3 Å². The van der Waals surface area contributed by atoms with E-state index in [1.165, 1.54) is 18.3 Å². The number of nitrogens with zero attached hydrogens (tertiary/aromatic N) is 1. The molecule has 0 unspecified atom stereocenters. The van der Waals surface area contributed by atoms with Gasteiger partial charge in [0, 0.05) is 32.5 Å². The van der Waals surface area contributed by atoms with E-state index in [4.69, 9.17) is 9.47 Å². The Balaban J connectivity index is 2.15. The predicted octanol–water partition coefficient (Wildman–Crippen LogP) is 0.641. The largest absolute Gasteiger partial charge is 0.382 e. The van der Waals surface area contributed by atoms with Crippen LogP contribution >= 0.6 is 0 Å². The molecule has 6 heteroatoms. The second kappa shape index (κ2) is 5.76. The van der Waals surface area contributed by atoms with E-state index in [-0.39, 0.29) is 17.6 Å². The van der Waals surface area contributed by atoms with Crippen LogP contribution in [0.15, 0.2) is 23.1 Å². The maximum Gasteiger partial charge on any atom is 0.255 e. The first-order valence-electron chi connectivity index (χ1n) is 6.56. The molecule has 0 radical (unpaired) electrons. The molecule has 0 aliphatic carbocycles. The average molecular weight is 280 g/mol. The molecule has 1 aromatic rings. The number of hydrogen-bond donors (Lipinski definition) is 1. The maximum absolute atomic E-state index is 12.5. The lowest BCUT2D eigenvalue weighted by atomic mass is 10.0. The highest BCUT2D eigenvalue weighted by Gasteiger charge is 2.35. The summed E-state index contributed by atoms with van der Waals surface area (Å²) >= 11 is 0. The third-order valence-electron chi connectivity index (χ3n) is 3.15. The Labute approximate surface area is 117 Å².